The lowest BCUT2D eigenvalue weighted by molar-refractivity contribution is -0.127. The summed E-state index contributed by atoms with van der Waals surface area (Å²) in [6.07, 6.45) is 2.84. The first-order chi connectivity index (χ1) is 7.68. The van der Waals surface area contributed by atoms with Crippen LogP contribution in [0.4, 0.5) is 0 Å². The molecule has 1 aromatic heterocycles. The van der Waals surface area contributed by atoms with Crippen molar-refractivity contribution in [2.24, 2.45) is 5.92 Å². The third-order valence-electron chi connectivity index (χ3n) is 3.47. The molecule has 0 spiro atoms. The Morgan fingerprint density at radius 1 is 1.56 bits per heavy atom. The minimum Gasteiger partial charge on any atom is -0.340 e. The van der Waals surface area contributed by atoms with Crippen molar-refractivity contribution in [1.82, 2.24) is 15.0 Å². The van der Waals surface area contributed by atoms with Crippen LogP contribution in [0.1, 0.15) is 26.2 Å². The highest BCUT2D eigenvalue weighted by Crippen LogP contribution is 2.20. The first kappa shape index (κ1) is 11.3. The van der Waals surface area contributed by atoms with Crippen LogP contribution in [0.15, 0.2) is 10.9 Å². The minimum atomic E-state index is 0.136. The van der Waals surface area contributed by atoms with E-state index in [-0.39, 0.29) is 5.92 Å². The number of carbonyl (C=O) groups is 1. The summed E-state index contributed by atoms with van der Waals surface area (Å²) in [4.78, 5) is 17.8. The van der Waals surface area contributed by atoms with E-state index >= 15 is 0 Å². The Morgan fingerprint density at radius 3 is 3.06 bits per heavy atom. The number of piperidine rings is 1. The van der Waals surface area contributed by atoms with Crippen LogP contribution < -0.4 is 0 Å². The number of nitrogens with zero attached hydrogens (tertiary/aromatic N) is 3. The van der Waals surface area contributed by atoms with Gasteiger partial charge in [-0.25, -0.2) is 0 Å². The van der Waals surface area contributed by atoms with Crippen molar-refractivity contribution < 1.29 is 9.32 Å². The summed E-state index contributed by atoms with van der Waals surface area (Å²) >= 11 is 0. The monoisotopic (exact) mass is 223 g/mol. The molecule has 2 atom stereocenters. The summed E-state index contributed by atoms with van der Waals surface area (Å²) < 4.78 is 4.95. The number of aromatic nitrogens is 2. The lowest BCUT2D eigenvalue weighted by Gasteiger charge is -2.36. The van der Waals surface area contributed by atoms with Crippen molar-refractivity contribution in [3.05, 3.63) is 12.2 Å². The Hall–Kier alpha value is -1.23. The molecule has 2 heterocycles. The summed E-state index contributed by atoms with van der Waals surface area (Å²) in [6, 6.07) is 0.309. The molecular weight excluding hydrogens is 206 g/mol. The largest absolute Gasteiger partial charge is 0.340 e. The van der Waals surface area contributed by atoms with Crippen LogP contribution in [0, 0.1) is 5.92 Å². The zero-order chi connectivity index (χ0) is 11.5. The average Bonchev–Trinajstić information content (AvgIpc) is 2.78. The van der Waals surface area contributed by atoms with Crippen LogP contribution in [0.3, 0.4) is 0 Å². The van der Waals surface area contributed by atoms with Gasteiger partial charge in [0, 0.05) is 37.9 Å². The number of ketones is 1. The van der Waals surface area contributed by atoms with E-state index in [1.165, 1.54) is 6.33 Å². The fourth-order valence-corrected chi connectivity index (χ4v) is 2.13. The fraction of sp³-hybridized carbons (Fsp3) is 0.727. The third kappa shape index (κ3) is 2.29. The van der Waals surface area contributed by atoms with Gasteiger partial charge in [0.25, 0.3) is 0 Å². The van der Waals surface area contributed by atoms with Crippen LogP contribution in [0.25, 0.3) is 0 Å². The highest BCUT2D eigenvalue weighted by molar-refractivity contribution is 5.82. The Balaban J connectivity index is 1.88. The second kappa shape index (κ2) is 4.74. The Bertz CT molecular complexity index is 350. The molecule has 5 heteroatoms. The smallest absolute Gasteiger partial charge is 0.227 e. The van der Waals surface area contributed by atoms with Crippen LogP contribution in [-0.2, 0) is 11.2 Å². The summed E-state index contributed by atoms with van der Waals surface area (Å²) in [6.45, 7) is 5.83. The molecule has 1 aliphatic rings. The fourth-order valence-electron chi connectivity index (χ4n) is 2.13. The van der Waals surface area contributed by atoms with E-state index in [9.17, 15) is 4.79 Å². The predicted molar refractivity (Wildman–Crippen MR) is 57.8 cm³/mol. The molecule has 0 aliphatic carbocycles. The lowest BCUT2D eigenvalue weighted by atomic mass is 9.90. The zero-order valence-corrected chi connectivity index (χ0v) is 9.72. The van der Waals surface area contributed by atoms with Gasteiger partial charge in [-0.2, -0.15) is 4.98 Å². The Labute approximate surface area is 94.8 Å². The van der Waals surface area contributed by atoms with Gasteiger partial charge in [0.05, 0.1) is 0 Å². The number of likely N-dealkylation sites (tertiary alicyclic amines) is 1. The van der Waals surface area contributed by atoms with E-state index in [1.54, 1.807) is 0 Å². The van der Waals surface area contributed by atoms with Gasteiger partial charge in [0.2, 0.25) is 5.89 Å². The van der Waals surface area contributed by atoms with Crippen molar-refractivity contribution in [3.8, 4) is 0 Å². The summed E-state index contributed by atoms with van der Waals surface area (Å²) in [5.74, 6) is 1.18. The van der Waals surface area contributed by atoms with Gasteiger partial charge in [-0.15, -0.1) is 0 Å². The van der Waals surface area contributed by atoms with Crippen LogP contribution in [0.5, 0.6) is 0 Å². The highest BCUT2D eigenvalue weighted by atomic mass is 16.5. The van der Waals surface area contributed by atoms with E-state index in [2.05, 4.69) is 22.0 Å². The SMILES string of the molecule is CC1C(=O)CCN(CCc2ncno2)C1C. The maximum absolute atomic E-state index is 11.5. The molecule has 5 nitrogen and oxygen atoms in total. The van der Waals surface area contributed by atoms with Gasteiger partial charge in [0.1, 0.15) is 5.78 Å². The summed E-state index contributed by atoms with van der Waals surface area (Å²) in [5.41, 5.74) is 0. The van der Waals surface area contributed by atoms with E-state index < -0.39 is 0 Å². The first-order valence-electron chi connectivity index (χ1n) is 5.71. The first-order valence-corrected chi connectivity index (χ1v) is 5.71. The molecule has 0 amide bonds. The van der Waals surface area contributed by atoms with Crippen molar-refractivity contribution >= 4 is 5.78 Å². The molecule has 1 aliphatic heterocycles. The molecule has 0 aromatic carbocycles. The predicted octanol–water partition coefficient (Wildman–Crippen LogP) is 0.911. The molecule has 1 fully saturated rings. The van der Waals surface area contributed by atoms with E-state index in [1.807, 2.05) is 6.92 Å². The molecule has 2 rings (SSSR count). The number of rotatable bonds is 3. The van der Waals surface area contributed by atoms with Gasteiger partial charge in [0.15, 0.2) is 6.33 Å². The number of hydrogen-bond donors (Lipinski definition) is 0. The van der Waals surface area contributed by atoms with Crippen molar-refractivity contribution in [3.63, 3.8) is 0 Å². The number of hydrogen-bond acceptors (Lipinski definition) is 5. The van der Waals surface area contributed by atoms with E-state index in [0.29, 0.717) is 24.1 Å². The molecule has 88 valence electrons. The second-order valence-corrected chi connectivity index (χ2v) is 4.37. The lowest BCUT2D eigenvalue weighted by Crippen LogP contribution is -2.47. The molecule has 0 saturated carbocycles. The topological polar surface area (TPSA) is 59.2 Å². The summed E-state index contributed by atoms with van der Waals surface area (Å²) in [7, 11) is 0. The van der Waals surface area contributed by atoms with Gasteiger partial charge in [-0.05, 0) is 6.92 Å². The van der Waals surface area contributed by atoms with Crippen LogP contribution >= 0.6 is 0 Å². The normalized spacial score (nSPS) is 27.2. The van der Waals surface area contributed by atoms with Gasteiger partial charge < -0.3 is 4.52 Å². The number of Topliss-reactive ketones (excluding diaryl/α,β-unsaturated/α-hetero) is 1. The standard InChI is InChI=1S/C11H17N3O2/c1-8-9(2)14(5-3-10(8)15)6-4-11-12-7-13-16-11/h7-9H,3-6H2,1-2H3. The minimum absolute atomic E-state index is 0.136. The van der Waals surface area contributed by atoms with E-state index in [0.717, 1.165) is 19.5 Å². The van der Waals surface area contributed by atoms with Gasteiger partial charge in [-0.3, -0.25) is 9.69 Å². The van der Waals surface area contributed by atoms with Gasteiger partial charge >= 0.3 is 0 Å². The Kier molecular flexibility index (Phi) is 3.33. The Morgan fingerprint density at radius 2 is 2.38 bits per heavy atom. The molecule has 2 unspecified atom stereocenters. The second-order valence-electron chi connectivity index (χ2n) is 4.37. The van der Waals surface area contributed by atoms with Crippen LogP contribution in [-0.4, -0.2) is 40.0 Å². The van der Waals surface area contributed by atoms with Crippen molar-refractivity contribution in [2.75, 3.05) is 13.1 Å². The maximum atomic E-state index is 11.5. The molecule has 1 aromatic rings. The highest BCUT2D eigenvalue weighted by Gasteiger charge is 2.30. The molecule has 0 N–H and O–H groups in total. The zero-order valence-electron chi connectivity index (χ0n) is 9.72. The molecular formula is C11H17N3O2. The number of carbonyl (C=O) groups excluding carboxylic acids is 1. The van der Waals surface area contributed by atoms with Crippen LogP contribution in [0.2, 0.25) is 0 Å². The van der Waals surface area contributed by atoms with Crippen molar-refractivity contribution in [1.29, 1.82) is 0 Å². The third-order valence-corrected chi connectivity index (χ3v) is 3.47. The maximum Gasteiger partial charge on any atom is 0.227 e. The summed E-state index contributed by atoms with van der Waals surface area (Å²) in [5, 5.41) is 3.57. The molecule has 0 radical (unpaired) electrons. The molecule has 1 saturated heterocycles. The van der Waals surface area contributed by atoms with Gasteiger partial charge in [-0.1, -0.05) is 12.1 Å². The quantitative estimate of drug-likeness (QED) is 0.762. The van der Waals surface area contributed by atoms with Crippen molar-refractivity contribution in [2.45, 2.75) is 32.7 Å². The molecule has 0 bridgehead atoms. The average molecular weight is 223 g/mol. The van der Waals surface area contributed by atoms with E-state index in [4.69, 9.17) is 4.52 Å². The molecule has 16 heavy (non-hydrogen) atoms.